The zero-order valence-electron chi connectivity index (χ0n) is 5.41. The molecule has 0 spiro atoms. The Bertz CT molecular complexity index is 23.4. The lowest BCUT2D eigenvalue weighted by Gasteiger charge is -1.92. The maximum Gasteiger partial charge on any atom is 0.0755 e. The van der Waals surface area contributed by atoms with Crippen molar-refractivity contribution in [3.63, 3.8) is 0 Å². The molecule has 0 radical (unpaired) electrons. The Kier molecular flexibility index (Phi) is 5.93. The van der Waals surface area contributed by atoms with E-state index in [0.29, 0.717) is 0 Å². The van der Waals surface area contributed by atoms with Crippen LogP contribution in [0, 0.1) is 0 Å². The van der Waals surface area contributed by atoms with Crippen LogP contribution in [0.2, 0.25) is 0 Å². The smallest absolute Gasteiger partial charge is 0.0755 e. The molecular formula is C6H16N+. The first kappa shape index (κ1) is 6.96. The van der Waals surface area contributed by atoms with Gasteiger partial charge in [-0.3, -0.25) is 0 Å². The molecule has 0 aliphatic heterocycles. The number of quaternary nitrogens is 1. The van der Waals surface area contributed by atoms with Gasteiger partial charge in [0, 0.05) is 0 Å². The molecule has 0 unspecified atom stereocenters. The van der Waals surface area contributed by atoms with Crippen LogP contribution in [0.25, 0.3) is 0 Å². The van der Waals surface area contributed by atoms with Crippen molar-refractivity contribution in [2.75, 3.05) is 13.1 Å². The standard InChI is InChI=1S/C6H15N/c1-3-5-6-7-4-2/h7H,3-6H2,1-2H3/p+1. The minimum atomic E-state index is 1.24. The molecular weight excluding hydrogens is 86.1 g/mol. The van der Waals surface area contributed by atoms with Gasteiger partial charge in [-0.15, -0.1) is 0 Å². The van der Waals surface area contributed by atoms with Gasteiger partial charge in [-0.05, 0) is 13.3 Å². The van der Waals surface area contributed by atoms with Gasteiger partial charge in [-0.2, -0.15) is 0 Å². The van der Waals surface area contributed by atoms with Gasteiger partial charge in [-0.1, -0.05) is 13.3 Å². The summed E-state index contributed by atoms with van der Waals surface area (Å²) in [6.45, 7) is 6.96. The Morgan fingerprint density at radius 1 is 1.29 bits per heavy atom. The van der Waals surface area contributed by atoms with E-state index in [1.54, 1.807) is 0 Å². The normalized spacial score (nSPS) is 9.43. The van der Waals surface area contributed by atoms with Gasteiger partial charge in [0.2, 0.25) is 0 Å². The van der Waals surface area contributed by atoms with Gasteiger partial charge in [-0.25, -0.2) is 0 Å². The van der Waals surface area contributed by atoms with Crippen LogP contribution in [0.15, 0.2) is 0 Å². The van der Waals surface area contributed by atoms with Crippen molar-refractivity contribution in [2.45, 2.75) is 26.7 Å². The molecule has 0 saturated carbocycles. The summed E-state index contributed by atoms with van der Waals surface area (Å²) < 4.78 is 0. The summed E-state index contributed by atoms with van der Waals surface area (Å²) in [6, 6.07) is 0. The summed E-state index contributed by atoms with van der Waals surface area (Å²) >= 11 is 0. The molecule has 0 heterocycles. The van der Waals surface area contributed by atoms with Crippen molar-refractivity contribution in [1.29, 1.82) is 0 Å². The van der Waals surface area contributed by atoms with E-state index in [4.69, 9.17) is 0 Å². The number of rotatable bonds is 4. The molecule has 0 saturated heterocycles. The summed E-state index contributed by atoms with van der Waals surface area (Å²) in [5, 5.41) is 2.34. The van der Waals surface area contributed by atoms with E-state index in [2.05, 4.69) is 19.2 Å². The van der Waals surface area contributed by atoms with E-state index in [-0.39, 0.29) is 0 Å². The maximum atomic E-state index is 2.34. The highest BCUT2D eigenvalue weighted by Crippen LogP contribution is 1.76. The molecule has 0 aliphatic carbocycles. The van der Waals surface area contributed by atoms with Crippen molar-refractivity contribution >= 4 is 0 Å². The quantitative estimate of drug-likeness (QED) is 0.494. The van der Waals surface area contributed by atoms with Gasteiger partial charge in [0.1, 0.15) is 0 Å². The van der Waals surface area contributed by atoms with E-state index in [1.165, 1.54) is 25.9 Å². The molecule has 0 fully saturated rings. The predicted octanol–water partition coefficient (Wildman–Crippen LogP) is 0.370. The highest BCUT2D eigenvalue weighted by molar-refractivity contribution is 4.24. The maximum absolute atomic E-state index is 2.34. The highest BCUT2D eigenvalue weighted by atomic mass is 14.8. The zero-order valence-corrected chi connectivity index (χ0v) is 5.41. The third-order valence-electron chi connectivity index (χ3n) is 1.05. The van der Waals surface area contributed by atoms with Gasteiger partial charge >= 0.3 is 0 Å². The lowest BCUT2D eigenvalue weighted by molar-refractivity contribution is -0.652. The number of hydrogen-bond acceptors (Lipinski definition) is 0. The zero-order chi connectivity index (χ0) is 5.54. The molecule has 0 aromatic heterocycles. The van der Waals surface area contributed by atoms with Gasteiger partial charge in [0.25, 0.3) is 0 Å². The lowest BCUT2D eigenvalue weighted by atomic mass is 10.3. The molecule has 44 valence electrons. The molecule has 0 amide bonds. The van der Waals surface area contributed by atoms with E-state index in [0.717, 1.165) is 0 Å². The molecule has 1 heteroatoms. The van der Waals surface area contributed by atoms with Crippen LogP contribution in [0.3, 0.4) is 0 Å². The number of nitrogens with two attached hydrogens (primary N) is 1. The number of hydrogen-bond donors (Lipinski definition) is 1. The van der Waals surface area contributed by atoms with Crippen molar-refractivity contribution in [2.24, 2.45) is 0 Å². The summed E-state index contributed by atoms with van der Waals surface area (Å²) in [6.07, 6.45) is 2.70. The molecule has 0 atom stereocenters. The first-order chi connectivity index (χ1) is 3.41. The van der Waals surface area contributed by atoms with Crippen LogP contribution >= 0.6 is 0 Å². The largest absolute Gasteiger partial charge is 0.346 e. The number of unbranched alkanes of at least 4 members (excludes halogenated alkanes) is 1. The highest BCUT2D eigenvalue weighted by Gasteiger charge is 1.80. The van der Waals surface area contributed by atoms with E-state index in [1.807, 2.05) is 0 Å². The van der Waals surface area contributed by atoms with Crippen LogP contribution in [-0.2, 0) is 0 Å². The van der Waals surface area contributed by atoms with Crippen LogP contribution in [0.4, 0.5) is 0 Å². The SMILES string of the molecule is CCCC[NH2+]CC. The van der Waals surface area contributed by atoms with Crippen molar-refractivity contribution in [3.8, 4) is 0 Å². The topological polar surface area (TPSA) is 16.6 Å². The van der Waals surface area contributed by atoms with Crippen molar-refractivity contribution < 1.29 is 5.32 Å². The van der Waals surface area contributed by atoms with Gasteiger partial charge < -0.3 is 5.32 Å². The van der Waals surface area contributed by atoms with Gasteiger partial charge in [0.05, 0.1) is 13.1 Å². The average molecular weight is 102 g/mol. The molecule has 2 N–H and O–H groups in total. The first-order valence-corrected chi connectivity index (χ1v) is 3.23. The summed E-state index contributed by atoms with van der Waals surface area (Å²) in [5.74, 6) is 0. The minimum absolute atomic E-state index is 1.24. The van der Waals surface area contributed by atoms with Gasteiger partial charge in [0.15, 0.2) is 0 Å². The second-order valence-electron chi connectivity index (χ2n) is 1.84. The van der Waals surface area contributed by atoms with E-state index in [9.17, 15) is 0 Å². The average Bonchev–Trinajstić information content (AvgIpc) is 1.69. The Morgan fingerprint density at radius 2 is 2.00 bits per heavy atom. The summed E-state index contributed by atoms with van der Waals surface area (Å²) in [7, 11) is 0. The van der Waals surface area contributed by atoms with Crippen molar-refractivity contribution in [3.05, 3.63) is 0 Å². The van der Waals surface area contributed by atoms with Crippen LogP contribution < -0.4 is 5.32 Å². The molecule has 0 aliphatic rings. The van der Waals surface area contributed by atoms with Crippen LogP contribution in [0.5, 0.6) is 0 Å². The molecule has 7 heavy (non-hydrogen) atoms. The summed E-state index contributed by atoms with van der Waals surface area (Å²) in [5.41, 5.74) is 0. The third-order valence-corrected chi connectivity index (χ3v) is 1.05. The summed E-state index contributed by atoms with van der Waals surface area (Å²) in [4.78, 5) is 0. The molecule has 0 rings (SSSR count). The Labute approximate surface area is 46.1 Å². The lowest BCUT2D eigenvalue weighted by Crippen LogP contribution is -2.83. The second-order valence-corrected chi connectivity index (χ2v) is 1.84. The van der Waals surface area contributed by atoms with E-state index < -0.39 is 0 Å². The Balaban J connectivity index is 2.45. The fraction of sp³-hybridized carbons (Fsp3) is 1.00. The van der Waals surface area contributed by atoms with Crippen LogP contribution in [-0.4, -0.2) is 13.1 Å². The third kappa shape index (κ3) is 5.96. The Hall–Kier alpha value is -0.0400. The molecule has 0 bridgehead atoms. The fourth-order valence-electron chi connectivity index (χ4n) is 0.553. The first-order valence-electron chi connectivity index (χ1n) is 3.23. The molecule has 0 aromatic carbocycles. The van der Waals surface area contributed by atoms with Crippen molar-refractivity contribution in [1.82, 2.24) is 0 Å². The van der Waals surface area contributed by atoms with E-state index >= 15 is 0 Å². The fourth-order valence-corrected chi connectivity index (χ4v) is 0.553. The second kappa shape index (κ2) is 5.96. The van der Waals surface area contributed by atoms with Crippen LogP contribution in [0.1, 0.15) is 26.7 Å². The molecule has 1 nitrogen and oxygen atoms in total. The monoisotopic (exact) mass is 102 g/mol. The molecule has 0 aromatic rings. The Morgan fingerprint density at radius 3 is 2.43 bits per heavy atom. The minimum Gasteiger partial charge on any atom is -0.346 e. The predicted molar refractivity (Wildman–Crippen MR) is 32.2 cm³/mol.